The number of nitrogens with one attached hydrogen (secondary N) is 1. The number of aromatic nitrogens is 2. The standard InChI is InChI=1S/C28H30N4O2S/c33-23-12-13-25-24(20-23)27(34)32(28(35)29-25)15-7-14-30-16-18-31(19-17-30)26(21-8-3-1-4-9-21)22-10-5-2-6-11-22/h1-6,8-13,20,26,33H,7,14-19H2,(H,29,35). The molecule has 2 N–H and O–H groups in total. The van der Waals surface area contributed by atoms with Crippen molar-refractivity contribution < 1.29 is 5.11 Å². The minimum Gasteiger partial charge on any atom is -0.508 e. The van der Waals surface area contributed by atoms with Gasteiger partial charge in [0.2, 0.25) is 0 Å². The third-order valence-corrected chi connectivity index (χ3v) is 7.15. The summed E-state index contributed by atoms with van der Waals surface area (Å²) in [7, 11) is 0. The van der Waals surface area contributed by atoms with Gasteiger partial charge in [-0.1, -0.05) is 60.7 Å². The van der Waals surface area contributed by atoms with Crippen LogP contribution in [0.25, 0.3) is 10.9 Å². The molecule has 0 spiro atoms. The average molecular weight is 487 g/mol. The van der Waals surface area contributed by atoms with Crippen LogP contribution < -0.4 is 5.56 Å². The summed E-state index contributed by atoms with van der Waals surface area (Å²) in [5.41, 5.74) is 3.14. The second-order valence-electron chi connectivity index (χ2n) is 9.07. The number of aromatic amines is 1. The van der Waals surface area contributed by atoms with Gasteiger partial charge in [-0.3, -0.25) is 14.3 Å². The lowest BCUT2D eigenvalue weighted by molar-refractivity contribution is 0.107. The number of rotatable bonds is 7. The predicted molar refractivity (Wildman–Crippen MR) is 142 cm³/mol. The third kappa shape index (κ3) is 5.22. The minimum atomic E-state index is -0.155. The van der Waals surface area contributed by atoms with Gasteiger partial charge in [0, 0.05) is 32.7 Å². The lowest BCUT2D eigenvalue weighted by atomic mass is 9.96. The number of aromatic hydroxyl groups is 1. The molecule has 0 unspecified atom stereocenters. The van der Waals surface area contributed by atoms with Crippen LogP contribution in [0.4, 0.5) is 0 Å². The van der Waals surface area contributed by atoms with Crippen LogP contribution in [0, 0.1) is 4.77 Å². The highest BCUT2D eigenvalue weighted by atomic mass is 32.1. The smallest absolute Gasteiger partial charge is 0.262 e. The molecule has 35 heavy (non-hydrogen) atoms. The van der Waals surface area contributed by atoms with Crippen molar-refractivity contribution in [2.45, 2.75) is 19.0 Å². The fourth-order valence-electron chi connectivity index (χ4n) is 5.02. The van der Waals surface area contributed by atoms with Crippen molar-refractivity contribution in [1.29, 1.82) is 0 Å². The van der Waals surface area contributed by atoms with Crippen LogP contribution in [-0.4, -0.2) is 57.2 Å². The highest BCUT2D eigenvalue weighted by Gasteiger charge is 2.26. The molecule has 1 saturated heterocycles. The zero-order valence-corrected chi connectivity index (χ0v) is 20.5. The summed E-state index contributed by atoms with van der Waals surface area (Å²) >= 11 is 5.43. The Labute approximate surface area is 210 Å². The Balaban J connectivity index is 1.22. The topological polar surface area (TPSA) is 64.5 Å². The van der Waals surface area contributed by atoms with E-state index in [-0.39, 0.29) is 17.4 Å². The van der Waals surface area contributed by atoms with Crippen LogP contribution in [0.2, 0.25) is 0 Å². The molecule has 1 aromatic heterocycles. The minimum absolute atomic E-state index is 0.0776. The monoisotopic (exact) mass is 486 g/mol. The van der Waals surface area contributed by atoms with Gasteiger partial charge >= 0.3 is 0 Å². The van der Waals surface area contributed by atoms with E-state index in [0.717, 1.165) is 39.1 Å². The molecule has 3 aromatic carbocycles. The van der Waals surface area contributed by atoms with Gasteiger partial charge in [-0.05, 0) is 54.5 Å². The Morgan fingerprint density at radius 2 is 1.49 bits per heavy atom. The number of phenolic OH excluding ortho intramolecular Hbond substituents is 1. The summed E-state index contributed by atoms with van der Waals surface area (Å²) < 4.78 is 2.03. The number of hydrogen-bond donors (Lipinski definition) is 2. The molecule has 4 aromatic rings. The van der Waals surface area contributed by atoms with Gasteiger partial charge in [0.1, 0.15) is 5.75 Å². The largest absolute Gasteiger partial charge is 0.508 e. The molecule has 0 atom stereocenters. The van der Waals surface area contributed by atoms with Crippen LogP contribution in [0.15, 0.2) is 83.7 Å². The third-order valence-electron chi connectivity index (χ3n) is 6.82. The van der Waals surface area contributed by atoms with Crippen molar-refractivity contribution in [3.8, 4) is 5.75 Å². The molecule has 0 aliphatic carbocycles. The van der Waals surface area contributed by atoms with Crippen LogP contribution in [-0.2, 0) is 6.54 Å². The predicted octanol–water partition coefficient (Wildman–Crippen LogP) is 4.56. The number of hydrogen-bond acceptors (Lipinski definition) is 5. The molecule has 1 fully saturated rings. The van der Waals surface area contributed by atoms with E-state index in [1.54, 1.807) is 16.7 Å². The van der Waals surface area contributed by atoms with E-state index in [1.807, 2.05) is 0 Å². The maximum Gasteiger partial charge on any atom is 0.262 e. The van der Waals surface area contributed by atoms with Crippen molar-refractivity contribution in [2.24, 2.45) is 0 Å². The number of H-pyrrole nitrogens is 1. The summed E-state index contributed by atoms with van der Waals surface area (Å²) in [6.07, 6.45) is 0.836. The molecule has 1 aliphatic heterocycles. The van der Waals surface area contributed by atoms with Gasteiger partial charge in [0.05, 0.1) is 16.9 Å². The molecule has 2 heterocycles. The summed E-state index contributed by atoms with van der Waals surface area (Å²) in [6, 6.07) is 26.4. The lowest BCUT2D eigenvalue weighted by Gasteiger charge is -2.39. The zero-order valence-electron chi connectivity index (χ0n) is 19.6. The maximum atomic E-state index is 12.9. The Bertz CT molecular complexity index is 1350. The van der Waals surface area contributed by atoms with Crippen LogP contribution in [0.1, 0.15) is 23.6 Å². The molecule has 6 nitrogen and oxygen atoms in total. The summed E-state index contributed by atoms with van der Waals surface area (Å²) in [4.78, 5) is 21.1. The van der Waals surface area contributed by atoms with Gasteiger partial charge in [-0.25, -0.2) is 0 Å². The number of benzene rings is 3. The van der Waals surface area contributed by atoms with E-state index >= 15 is 0 Å². The van der Waals surface area contributed by atoms with Crippen molar-refractivity contribution in [1.82, 2.24) is 19.4 Å². The summed E-state index contributed by atoms with van der Waals surface area (Å²) in [5, 5.41) is 10.2. The van der Waals surface area contributed by atoms with Gasteiger partial charge < -0.3 is 15.0 Å². The molecule has 180 valence electrons. The van der Waals surface area contributed by atoms with E-state index in [1.165, 1.54) is 17.2 Å². The second-order valence-corrected chi connectivity index (χ2v) is 9.46. The molecule has 5 rings (SSSR count). The number of nitrogens with zero attached hydrogens (tertiary/aromatic N) is 3. The molecule has 0 amide bonds. The SMILES string of the molecule is O=c1c2cc(O)ccc2[nH]c(=S)n1CCCN1CCN(C(c2ccccc2)c2ccccc2)CC1. The van der Waals surface area contributed by atoms with Gasteiger partial charge in [0.15, 0.2) is 4.77 Å². The van der Waals surface area contributed by atoms with Gasteiger partial charge in [-0.2, -0.15) is 0 Å². The average Bonchev–Trinajstić information content (AvgIpc) is 2.89. The highest BCUT2D eigenvalue weighted by molar-refractivity contribution is 7.71. The first-order valence-corrected chi connectivity index (χ1v) is 12.5. The number of phenols is 1. The van der Waals surface area contributed by atoms with E-state index < -0.39 is 0 Å². The van der Waals surface area contributed by atoms with Crippen LogP contribution in [0.5, 0.6) is 5.75 Å². The fourth-order valence-corrected chi connectivity index (χ4v) is 5.31. The Morgan fingerprint density at radius 3 is 2.11 bits per heavy atom. The Morgan fingerprint density at radius 1 is 0.857 bits per heavy atom. The highest BCUT2D eigenvalue weighted by Crippen LogP contribution is 2.29. The Kier molecular flexibility index (Phi) is 7.08. The van der Waals surface area contributed by atoms with Crippen LogP contribution in [0.3, 0.4) is 0 Å². The molecule has 0 saturated carbocycles. The van der Waals surface area contributed by atoms with Crippen molar-refractivity contribution in [2.75, 3.05) is 32.7 Å². The Hall–Kier alpha value is -3.26. The summed E-state index contributed by atoms with van der Waals surface area (Å²) in [6.45, 7) is 5.42. The summed E-state index contributed by atoms with van der Waals surface area (Å²) in [5.74, 6) is 0.0776. The molecular weight excluding hydrogens is 456 g/mol. The second kappa shape index (κ2) is 10.6. The maximum absolute atomic E-state index is 12.9. The number of piperazine rings is 1. The first-order chi connectivity index (χ1) is 17.1. The first kappa shape index (κ1) is 23.5. The van der Waals surface area contributed by atoms with Crippen molar-refractivity contribution in [3.63, 3.8) is 0 Å². The fraction of sp³-hybridized carbons (Fsp3) is 0.286. The van der Waals surface area contributed by atoms with E-state index in [0.29, 0.717) is 22.2 Å². The lowest BCUT2D eigenvalue weighted by Crippen LogP contribution is -2.48. The normalized spacial score (nSPS) is 15.1. The number of fused-ring (bicyclic) bond motifs is 1. The molecule has 7 heteroatoms. The van der Waals surface area contributed by atoms with Gasteiger partial charge in [0.25, 0.3) is 5.56 Å². The molecule has 0 bridgehead atoms. The molecular formula is C28H30N4O2S. The zero-order chi connectivity index (χ0) is 24.2. The van der Waals surface area contributed by atoms with E-state index in [4.69, 9.17) is 12.2 Å². The molecule has 1 aliphatic rings. The van der Waals surface area contributed by atoms with Crippen molar-refractivity contribution >= 4 is 23.1 Å². The van der Waals surface area contributed by atoms with E-state index in [2.05, 4.69) is 75.4 Å². The van der Waals surface area contributed by atoms with Crippen molar-refractivity contribution in [3.05, 3.63) is 105 Å². The first-order valence-electron chi connectivity index (χ1n) is 12.1. The van der Waals surface area contributed by atoms with E-state index in [9.17, 15) is 9.90 Å². The van der Waals surface area contributed by atoms with Crippen LogP contribution >= 0.6 is 12.2 Å². The quantitative estimate of drug-likeness (QED) is 0.375. The molecule has 0 radical (unpaired) electrons. The van der Waals surface area contributed by atoms with Gasteiger partial charge in [-0.15, -0.1) is 0 Å².